The predicted octanol–water partition coefficient (Wildman–Crippen LogP) is 3.99. The van der Waals surface area contributed by atoms with E-state index in [0.29, 0.717) is 10.4 Å². The Morgan fingerprint density at radius 2 is 1.83 bits per heavy atom. The maximum Gasteiger partial charge on any atom is 0.458 e. The van der Waals surface area contributed by atoms with E-state index in [9.17, 15) is 23.1 Å². The standard InChI is InChI=1S/C16H12F3NO3S/c1-9(21)13-6-7-14(24-13)11-4-2-10(3-5-11)12-8-15(22,23-20-12)16(17,18)19/h2-7,22H,8H2,1H3. The Morgan fingerprint density at radius 1 is 1.21 bits per heavy atom. The highest BCUT2D eigenvalue weighted by Crippen LogP contribution is 2.39. The fourth-order valence-electron chi connectivity index (χ4n) is 2.24. The number of carbonyl (C=O) groups excluding carboxylic acids is 1. The van der Waals surface area contributed by atoms with Gasteiger partial charge < -0.3 is 9.94 Å². The molecule has 2 heterocycles. The van der Waals surface area contributed by atoms with Crippen LogP contribution < -0.4 is 0 Å². The van der Waals surface area contributed by atoms with Crippen molar-refractivity contribution in [1.29, 1.82) is 0 Å². The average Bonchev–Trinajstić information content (AvgIpc) is 3.14. The van der Waals surface area contributed by atoms with Gasteiger partial charge in [0, 0.05) is 4.88 Å². The van der Waals surface area contributed by atoms with E-state index < -0.39 is 18.4 Å². The van der Waals surface area contributed by atoms with Gasteiger partial charge in [0.05, 0.1) is 17.0 Å². The van der Waals surface area contributed by atoms with Crippen molar-refractivity contribution in [2.45, 2.75) is 25.3 Å². The van der Waals surface area contributed by atoms with Crippen molar-refractivity contribution in [1.82, 2.24) is 0 Å². The van der Waals surface area contributed by atoms with Gasteiger partial charge in [0.25, 0.3) is 0 Å². The monoisotopic (exact) mass is 355 g/mol. The number of alkyl halides is 3. The molecule has 24 heavy (non-hydrogen) atoms. The molecule has 126 valence electrons. The lowest BCUT2D eigenvalue weighted by atomic mass is 10.0. The summed E-state index contributed by atoms with van der Waals surface area (Å²) in [6.45, 7) is 1.48. The van der Waals surface area contributed by atoms with E-state index in [-0.39, 0.29) is 11.5 Å². The Kier molecular flexibility index (Phi) is 3.97. The zero-order valence-electron chi connectivity index (χ0n) is 12.4. The number of halogens is 3. The lowest BCUT2D eigenvalue weighted by Crippen LogP contribution is -2.45. The molecule has 4 nitrogen and oxygen atoms in total. The number of oxime groups is 1. The number of aliphatic hydroxyl groups is 1. The summed E-state index contributed by atoms with van der Waals surface area (Å²) in [5.74, 6) is -3.29. The molecule has 0 amide bonds. The lowest BCUT2D eigenvalue weighted by Gasteiger charge is -2.22. The molecule has 1 aromatic heterocycles. The SMILES string of the molecule is CC(=O)c1ccc(-c2ccc(C3=NOC(O)(C(F)(F)F)C3)cc2)s1. The van der Waals surface area contributed by atoms with Crippen LogP contribution in [0.3, 0.4) is 0 Å². The molecule has 1 atom stereocenters. The second-order valence-corrected chi connectivity index (χ2v) is 6.47. The number of benzene rings is 1. The van der Waals surface area contributed by atoms with Crippen LogP contribution >= 0.6 is 11.3 Å². The zero-order valence-corrected chi connectivity index (χ0v) is 13.2. The topological polar surface area (TPSA) is 58.9 Å². The molecular formula is C16H12F3NO3S. The van der Waals surface area contributed by atoms with Gasteiger partial charge in [0.1, 0.15) is 0 Å². The van der Waals surface area contributed by atoms with E-state index >= 15 is 0 Å². The highest BCUT2D eigenvalue weighted by Gasteiger charge is 2.60. The van der Waals surface area contributed by atoms with Gasteiger partial charge in [-0.15, -0.1) is 11.3 Å². The number of thiophene rings is 1. The van der Waals surface area contributed by atoms with Gasteiger partial charge in [0.15, 0.2) is 5.78 Å². The van der Waals surface area contributed by atoms with Crippen LogP contribution in [-0.4, -0.2) is 28.6 Å². The van der Waals surface area contributed by atoms with Gasteiger partial charge in [-0.3, -0.25) is 4.79 Å². The van der Waals surface area contributed by atoms with Crippen LogP contribution in [0.1, 0.15) is 28.6 Å². The molecule has 8 heteroatoms. The van der Waals surface area contributed by atoms with Crippen molar-refractivity contribution in [3.05, 3.63) is 46.8 Å². The first-order valence-corrected chi connectivity index (χ1v) is 7.77. The van der Waals surface area contributed by atoms with Crippen molar-refractivity contribution >= 4 is 22.8 Å². The predicted molar refractivity (Wildman–Crippen MR) is 83.0 cm³/mol. The van der Waals surface area contributed by atoms with Gasteiger partial charge in [-0.2, -0.15) is 13.2 Å². The molecule has 0 radical (unpaired) electrons. The maximum atomic E-state index is 12.7. The Bertz CT molecular complexity index is 811. The summed E-state index contributed by atoms with van der Waals surface area (Å²) in [7, 11) is 0. The smallest absolute Gasteiger partial charge is 0.350 e. The largest absolute Gasteiger partial charge is 0.458 e. The molecule has 0 saturated carbocycles. The van der Waals surface area contributed by atoms with Crippen LogP contribution in [0.5, 0.6) is 0 Å². The molecule has 1 aromatic carbocycles. The Morgan fingerprint density at radius 3 is 2.33 bits per heavy atom. The summed E-state index contributed by atoms with van der Waals surface area (Å²) in [6, 6.07) is 10.2. The summed E-state index contributed by atoms with van der Waals surface area (Å²) < 4.78 is 38.1. The molecule has 0 saturated heterocycles. The van der Waals surface area contributed by atoms with Crippen molar-refractivity contribution in [2.75, 3.05) is 0 Å². The minimum absolute atomic E-state index is 0.0215. The van der Waals surface area contributed by atoms with Crippen molar-refractivity contribution in [3.8, 4) is 10.4 Å². The molecule has 0 aliphatic carbocycles. The molecular weight excluding hydrogens is 343 g/mol. The zero-order chi connectivity index (χ0) is 17.5. The molecule has 2 aromatic rings. The number of Topliss-reactive ketones (excluding diaryl/α,β-unsaturated/α-hetero) is 1. The van der Waals surface area contributed by atoms with E-state index in [1.54, 1.807) is 30.3 Å². The number of rotatable bonds is 3. The van der Waals surface area contributed by atoms with Crippen molar-refractivity contribution in [3.63, 3.8) is 0 Å². The summed E-state index contributed by atoms with van der Waals surface area (Å²) in [5, 5.41) is 12.8. The molecule has 3 rings (SSSR count). The van der Waals surface area contributed by atoms with Crippen LogP contribution in [0, 0.1) is 0 Å². The van der Waals surface area contributed by atoms with Gasteiger partial charge in [-0.25, -0.2) is 0 Å². The fourth-order valence-corrected chi connectivity index (χ4v) is 3.14. The van der Waals surface area contributed by atoms with Crippen LogP contribution in [0.4, 0.5) is 13.2 Å². The molecule has 1 N–H and O–H groups in total. The van der Waals surface area contributed by atoms with Crippen LogP contribution in [-0.2, 0) is 4.84 Å². The quantitative estimate of drug-likeness (QED) is 0.847. The molecule has 0 bridgehead atoms. The van der Waals surface area contributed by atoms with E-state index in [4.69, 9.17) is 0 Å². The number of ketones is 1. The fraction of sp³-hybridized carbons (Fsp3) is 0.250. The highest BCUT2D eigenvalue weighted by molar-refractivity contribution is 7.17. The normalized spacial score (nSPS) is 20.6. The lowest BCUT2D eigenvalue weighted by molar-refractivity contribution is -0.355. The summed E-state index contributed by atoms with van der Waals surface area (Å²) in [4.78, 5) is 17.0. The molecule has 1 aliphatic heterocycles. The van der Waals surface area contributed by atoms with Crippen LogP contribution in [0.15, 0.2) is 41.6 Å². The van der Waals surface area contributed by atoms with Gasteiger partial charge in [-0.1, -0.05) is 29.4 Å². The summed E-state index contributed by atoms with van der Waals surface area (Å²) >= 11 is 1.34. The molecule has 1 aliphatic rings. The first-order chi connectivity index (χ1) is 11.2. The van der Waals surface area contributed by atoms with Crippen molar-refractivity contribution in [2.24, 2.45) is 5.16 Å². The number of hydrogen-bond donors (Lipinski definition) is 1. The third kappa shape index (κ3) is 2.94. The summed E-state index contributed by atoms with van der Waals surface area (Å²) in [5.41, 5.74) is 1.29. The number of carbonyl (C=O) groups is 1. The van der Waals surface area contributed by atoms with E-state index in [2.05, 4.69) is 9.99 Å². The Labute approximate surface area is 139 Å². The average molecular weight is 355 g/mol. The van der Waals surface area contributed by atoms with Crippen LogP contribution in [0.25, 0.3) is 10.4 Å². The molecule has 1 unspecified atom stereocenters. The maximum absolute atomic E-state index is 12.7. The Balaban J connectivity index is 1.79. The number of nitrogens with zero attached hydrogens (tertiary/aromatic N) is 1. The second kappa shape index (κ2) is 5.71. The van der Waals surface area contributed by atoms with Gasteiger partial charge >= 0.3 is 12.0 Å². The van der Waals surface area contributed by atoms with Crippen LogP contribution in [0.2, 0.25) is 0 Å². The minimum Gasteiger partial charge on any atom is -0.350 e. The summed E-state index contributed by atoms with van der Waals surface area (Å²) in [6.07, 6.45) is -5.68. The first-order valence-electron chi connectivity index (χ1n) is 6.95. The Hall–Kier alpha value is -2.19. The van der Waals surface area contributed by atoms with E-state index in [1.165, 1.54) is 18.3 Å². The van der Waals surface area contributed by atoms with Gasteiger partial charge in [0.2, 0.25) is 0 Å². The third-order valence-corrected chi connectivity index (χ3v) is 4.85. The van der Waals surface area contributed by atoms with E-state index in [1.807, 2.05) is 6.07 Å². The van der Waals surface area contributed by atoms with Gasteiger partial charge in [-0.05, 0) is 30.2 Å². The van der Waals surface area contributed by atoms with E-state index in [0.717, 1.165) is 10.4 Å². The first kappa shape index (κ1) is 16.7. The molecule has 0 spiro atoms. The molecule has 0 fully saturated rings. The highest BCUT2D eigenvalue weighted by atomic mass is 32.1. The minimum atomic E-state index is -4.92. The number of hydrogen-bond acceptors (Lipinski definition) is 5. The second-order valence-electron chi connectivity index (χ2n) is 5.39. The third-order valence-electron chi connectivity index (χ3n) is 3.61. The van der Waals surface area contributed by atoms with Crippen molar-refractivity contribution < 1.29 is 27.9 Å².